The fourth-order valence-corrected chi connectivity index (χ4v) is 3.76. The number of halogens is 1. The zero-order valence-electron chi connectivity index (χ0n) is 16.3. The topological polar surface area (TPSA) is 30.0 Å². The van der Waals surface area contributed by atoms with Crippen LogP contribution < -0.4 is 0 Å². The quantitative estimate of drug-likeness (QED) is 0.272. The second-order valence-corrected chi connectivity index (χ2v) is 7.47. The Labute approximate surface area is 175 Å². The van der Waals surface area contributed by atoms with Crippen molar-refractivity contribution in [3.8, 4) is 11.1 Å². The number of aryl methyl sites for hydroxylation is 2. The minimum atomic E-state index is -0.0612. The highest BCUT2D eigenvalue weighted by atomic mass is 35.5. The van der Waals surface area contributed by atoms with Crippen LogP contribution in [0.5, 0.6) is 0 Å². The number of rotatable bonds is 4. The average molecular weight is 398 g/mol. The Balaban J connectivity index is 1.92. The van der Waals surface area contributed by atoms with Gasteiger partial charge in [0.2, 0.25) is 0 Å². The number of hydrogen-bond acceptors (Lipinski definition) is 2. The zero-order chi connectivity index (χ0) is 20.4. The van der Waals surface area contributed by atoms with Crippen LogP contribution >= 0.6 is 11.6 Å². The Morgan fingerprint density at radius 2 is 1.66 bits per heavy atom. The Kier molecular flexibility index (Phi) is 5.28. The van der Waals surface area contributed by atoms with Crippen molar-refractivity contribution in [2.24, 2.45) is 0 Å². The monoisotopic (exact) mass is 397 g/mol. The lowest BCUT2D eigenvalue weighted by molar-refractivity contribution is 0.104. The van der Waals surface area contributed by atoms with Crippen molar-refractivity contribution in [3.05, 3.63) is 106 Å². The Bertz CT molecular complexity index is 1240. The van der Waals surface area contributed by atoms with E-state index < -0.39 is 0 Å². The van der Waals surface area contributed by atoms with Crippen molar-refractivity contribution >= 4 is 34.4 Å². The molecule has 2 nitrogen and oxygen atoms in total. The molecule has 0 unspecified atom stereocenters. The van der Waals surface area contributed by atoms with E-state index in [1.807, 2.05) is 92.7 Å². The number of nitrogens with zero attached hydrogens (tertiary/aromatic N) is 1. The molecule has 0 saturated heterocycles. The van der Waals surface area contributed by atoms with E-state index in [2.05, 4.69) is 4.98 Å². The van der Waals surface area contributed by atoms with E-state index in [9.17, 15) is 4.79 Å². The van der Waals surface area contributed by atoms with Gasteiger partial charge in [0.15, 0.2) is 5.78 Å². The van der Waals surface area contributed by atoms with Crippen LogP contribution in [-0.4, -0.2) is 10.8 Å². The molecule has 0 atom stereocenters. The van der Waals surface area contributed by atoms with Crippen LogP contribution in [0.1, 0.15) is 27.2 Å². The normalized spacial score (nSPS) is 11.3. The number of fused-ring (bicyclic) bond motifs is 1. The van der Waals surface area contributed by atoms with Crippen LogP contribution in [0.4, 0.5) is 0 Å². The lowest BCUT2D eigenvalue weighted by Gasteiger charge is -2.14. The molecule has 0 spiro atoms. The highest BCUT2D eigenvalue weighted by Gasteiger charge is 2.19. The third kappa shape index (κ3) is 3.85. The second-order valence-electron chi connectivity index (χ2n) is 7.03. The lowest BCUT2D eigenvalue weighted by Crippen LogP contribution is -2.05. The SMILES string of the molecule is Cc1ccccc1/C=C/C(=O)c1c(C)nc2cc(Cl)ccc2c1-c1ccccc1. The predicted octanol–water partition coefficient (Wildman–Crippen LogP) is 7.07. The smallest absolute Gasteiger partial charge is 0.188 e. The van der Waals surface area contributed by atoms with Gasteiger partial charge in [-0.2, -0.15) is 0 Å². The number of hydrogen-bond donors (Lipinski definition) is 0. The molecular weight excluding hydrogens is 378 g/mol. The van der Waals surface area contributed by atoms with E-state index in [-0.39, 0.29) is 5.78 Å². The van der Waals surface area contributed by atoms with E-state index in [0.717, 1.165) is 33.2 Å². The first kappa shape index (κ1) is 19.1. The van der Waals surface area contributed by atoms with Gasteiger partial charge < -0.3 is 0 Å². The van der Waals surface area contributed by atoms with Crippen LogP contribution in [0.2, 0.25) is 5.02 Å². The average Bonchev–Trinajstić information content (AvgIpc) is 2.72. The van der Waals surface area contributed by atoms with Crippen molar-refractivity contribution < 1.29 is 4.79 Å². The standard InChI is InChI=1S/C26H20ClNO/c1-17-8-6-7-9-19(17)12-15-24(29)25-18(2)28-23-16-21(27)13-14-22(23)26(25)20-10-4-3-5-11-20/h3-16H,1-2H3/b15-12+. The van der Waals surface area contributed by atoms with E-state index >= 15 is 0 Å². The highest BCUT2D eigenvalue weighted by Crippen LogP contribution is 2.34. The molecule has 3 heteroatoms. The van der Waals surface area contributed by atoms with E-state index in [4.69, 9.17) is 11.6 Å². The van der Waals surface area contributed by atoms with Gasteiger partial charge in [0.25, 0.3) is 0 Å². The first-order valence-corrected chi connectivity index (χ1v) is 9.86. The van der Waals surface area contributed by atoms with Gasteiger partial charge in [-0.05, 0) is 48.7 Å². The van der Waals surface area contributed by atoms with E-state index in [1.54, 1.807) is 6.08 Å². The summed E-state index contributed by atoms with van der Waals surface area (Å²) in [5.41, 5.74) is 6.13. The predicted molar refractivity (Wildman–Crippen MR) is 121 cm³/mol. The molecule has 0 aliphatic carbocycles. The molecule has 1 aromatic heterocycles. The molecule has 3 aromatic carbocycles. The van der Waals surface area contributed by atoms with E-state index in [1.165, 1.54) is 0 Å². The van der Waals surface area contributed by atoms with Crippen molar-refractivity contribution in [2.75, 3.05) is 0 Å². The summed E-state index contributed by atoms with van der Waals surface area (Å²) in [6.07, 6.45) is 3.51. The van der Waals surface area contributed by atoms with Gasteiger partial charge in [-0.3, -0.25) is 9.78 Å². The van der Waals surface area contributed by atoms with E-state index in [0.29, 0.717) is 16.3 Å². The first-order chi connectivity index (χ1) is 14.0. The maximum Gasteiger partial charge on any atom is 0.188 e. The number of pyridine rings is 1. The summed E-state index contributed by atoms with van der Waals surface area (Å²) < 4.78 is 0. The summed E-state index contributed by atoms with van der Waals surface area (Å²) in [7, 11) is 0. The van der Waals surface area contributed by atoms with Gasteiger partial charge in [-0.25, -0.2) is 0 Å². The van der Waals surface area contributed by atoms with Crippen LogP contribution in [0.3, 0.4) is 0 Å². The molecule has 1 heterocycles. The fraction of sp³-hybridized carbons (Fsp3) is 0.0769. The molecule has 142 valence electrons. The summed E-state index contributed by atoms with van der Waals surface area (Å²) in [4.78, 5) is 18.0. The molecular formula is C26H20ClNO. The Morgan fingerprint density at radius 3 is 2.41 bits per heavy atom. The molecule has 4 rings (SSSR count). The minimum Gasteiger partial charge on any atom is -0.289 e. The van der Waals surface area contributed by atoms with Crippen LogP contribution in [0.15, 0.2) is 78.9 Å². The zero-order valence-corrected chi connectivity index (χ0v) is 17.1. The summed E-state index contributed by atoms with van der Waals surface area (Å²) >= 11 is 6.19. The fourth-order valence-electron chi connectivity index (χ4n) is 3.59. The molecule has 0 bridgehead atoms. The third-order valence-electron chi connectivity index (χ3n) is 5.04. The molecule has 0 N–H and O–H groups in total. The van der Waals surface area contributed by atoms with Gasteiger partial charge in [0, 0.05) is 21.7 Å². The summed E-state index contributed by atoms with van der Waals surface area (Å²) in [6, 6.07) is 23.6. The van der Waals surface area contributed by atoms with Crippen molar-refractivity contribution in [3.63, 3.8) is 0 Å². The summed E-state index contributed by atoms with van der Waals surface area (Å²) in [5, 5.41) is 1.54. The van der Waals surface area contributed by atoms with Crippen LogP contribution in [0, 0.1) is 13.8 Å². The van der Waals surface area contributed by atoms with Crippen molar-refractivity contribution in [1.29, 1.82) is 0 Å². The molecule has 0 aliphatic rings. The third-order valence-corrected chi connectivity index (χ3v) is 5.28. The molecule has 0 fully saturated rings. The highest BCUT2D eigenvalue weighted by molar-refractivity contribution is 6.31. The Hall–Kier alpha value is -3.23. The molecule has 4 aromatic rings. The van der Waals surface area contributed by atoms with Gasteiger partial charge in [-0.1, -0.05) is 78.3 Å². The van der Waals surface area contributed by atoms with Gasteiger partial charge >= 0.3 is 0 Å². The van der Waals surface area contributed by atoms with Crippen LogP contribution in [-0.2, 0) is 0 Å². The van der Waals surface area contributed by atoms with Gasteiger partial charge in [0.05, 0.1) is 11.1 Å². The minimum absolute atomic E-state index is 0.0612. The van der Waals surface area contributed by atoms with Gasteiger partial charge in [-0.15, -0.1) is 0 Å². The summed E-state index contributed by atoms with van der Waals surface area (Å²) in [5.74, 6) is -0.0612. The molecule has 29 heavy (non-hydrogen) atoms. The first-order valence-electron chi connectivity index (χ1n) is 9.48. The molecule has 0 aliphatic heterocycles. The lowest BCUT2D eigenvalue weighted by atomic mass is 9.92. The number of aromatic nitrogens is 1. The van der Waals surface area contributed by atoms with Crippen molar-refractivity contribution in [1.82, 2.24) is 4.98 Å². The molecule has 0 amide bonds. The Morgan fingerprint density at radius 1 is 0.931 bits per heavy atom. The number of ketones is 1. The second kappa shape index (κ2) is 8.02. The largest absolute Gasteiger partial charge is 0.289 e. The van der Waals surface area contributed by atoms with Gasteiger partial charge in [0.1, 0.15) is 0 Å². The molecule has 0 radical (unpaired) electrons. The number of allylic oxidation sites excluding steroid dienone is 1. The van der Waals surface area contributed by atoms with Crippen LogP contribution in [0.25, 0.3) is 28.1 Å². The maximum atomic E-state index is 13.3. The number of carbonyl (C=O) groups is 1. The summed E-state index contributed by atoms with van der Waals surface area (Å²) in [6.45, 7) is 3.91. The number of carbonyl (C=O) groups excluding carboxylic acids is 1. The number of benzene rings is 3. The van der Waals surface area contributed by atoms with Crippen molar-refractivity contribution in [2.45, 2.75) is 13.8 Å². The molecule has 0 saturated carbocycles. The maximum absolute atomic E-state index is 13.3.